The lowest BCUT2D eigenvalue weighted by atomic mass is 10.3. The monoisotopic (exact) mass is 328 g/mol. The molecule has 0 amide bonds. The number of imidazole rings is 1. The van der Waals surface area contributed by atoms with Crippen LogP contribution in [0.2, 0.25) is 5.02 Å². The predicted molar refractivity (Wildman–Crippen MR) is 76.1 cm³/mol. The molecule has 0 aliphatic carbocycles. The van der Waals surface area contributed by atoms with Crippen LogP contribution in [0.1, 0.15) is 25.6 Å². The molecule has 0 N–H and O–H groups in total. The summed E-state index contributed by atoms with van der Waals surface area (Å²) >= 11 is 9.47. The number of ether oxygens (including phenoxy) is 1. The topological polar surface area (TPSA) is 27.1 Å². The molecule has 0 aliphatic heterocycles. The smallest absolute Gasteiger partial charge is 0.139 e. The van der Waals surface area contributed by atoms with Gasteiger partial charge in [-0.05, 0) is 32.0 Å². The summed E-state index contributed by atoms with van der Waals surface area (Å²) in [6.07, 6.45) is 3.62. The lowest BCUT2D eigenvalue weighted by molar-refractivity contribution is 0.292. The van der Waals surface area contributed by atoms with Crippen molar-refractivity contribution in [1.29, 1.82) is 0 Å². The molecule has 0 atom stereocenters. The van der Waals surface area contributed by atoms with Crippen LogP contribution in [-0.2, 0) is 6.61 Å². The van der Waals surface area contributed by atoms with Crippen molar-refractivity contribution in [2.45, 2.75) is 26.5 Å². The van der Waals surface area contributed by atoms with Gasteiger partial charge in [-0.25, -0.2) is 4.98 Å². The van der Waals surface area contributed by atoms with Crippen molar-refractivity contribution in [2.24, 2.45) is 0 Å². The summed E-state index contributed by atoms with van der Waals surface area (Å²) in [7, 11) is 0. The average molecular weight is 330 g/mol. The summed E-state index contributed by atoms with van der Waals surface area (Å²) < 4.78 is 8.75. The van der Waals surface area contributed by atoms with Crippen LogP contribution in [0.3, 0.4) is 0 Å². The lowest BCUT2D eigenvalue weighted by Gasteiger charge is -2.13. The van der Waals surface area contributed by atoms with E-state index in [4.69, 9.17) is 16.3 Å². The minimum atomic E-state index is 0.365. The second-order valence-corrected chi connectivity index (χ2v) is 5.57. The van der Waals surface area contributed by atoms with Crippen LogP contribution in [0.15, 0.2) is 35.2 Å². The molecule has 0 bridgehead atoms. The molecule has 2 aromatic rings. The summed E-state index contributed by atoms with van der Waals surface area (Å²) in [5, 5.41) is 0.605. The van der Waals surface area contributed by atoms with E-state index in [0.717, 1.165) is 10.2 Å². The molecule has 5 heteroatoms. The van der Waals surface area contributed by atoms with E-state index in [1.165, 1.54) is 0 Å². The normalized spacial score (nSPS) is 10.9. The van der Waals surface area contributed by atoms with Crippen molar-refractivity contribution in [2.75, 3.05) is 0 Å². The Labute approximate surface area is 120 Å². The van der Waals surface area contributed by atoms with Gasteiger partial charge in [0.1, 0.15) is 12.4 Å². The number of aromatic nitrogens is 2. The Morgan fingerprint density at radius 3 is 2.94 bits per heavy atom. The van der Waals surface area contributed by atoms with Gasteiger partial charge in [0.05, 0.1) is 23.2 Å². The molecule has 3 nitrogen and oxygen atoms in total. The van der Waals surface area contributed by atoms with Crippen LogP contribution in [0.5, 0.6) is 5.75 Å². The highest BCUT2D eigenvalue weighted by molar-refractivity contribution is 9.10. The zero-order valence-electron chi connectivity index (χ0n) is 10.2. The molecule has 1 aromatic carbocycles. The van der Waals surface area contributed by atoms with E-state index in [-0.39, 0.29) is 0 Å². The maximum absolute atomic E-state index is 6.07. The molecule has 0 unspecified atom stereocenters. The van der Waals surface area contributed by atoms with Gasteiger partial charge >= 0.3 is 0 Å². The Balaban J connectivity index is 2.11. The SMILES string of the molecule is CC(C)n1cncc1COc1cc(Br)ccc1Cl. The first-order valence-corrected chi connectivity index (χ1v) is 6.83. The number of rotatable bonds is 4. The van der Waals surface area contributed by atoms with E-state index in [1.807, 2.05) is 24.7 Å². The zero-order chi connectivity index (χ0) is 13.1. The van der Waals surface area contributed by atoms with Gasteiger partial charge in [-0.15, -0.1) is 0 Å². The molecule has 18 heavy (non-hydrogen) atoms. The zero-order valence-corrected chi connectivity index (χ0v) is 12.6. The van der Waals surface area contributed by atoms with Crippen LogP contribution in [-0.4, -0.2) is 9.55 Å². The Bertz CT molecular complexity index is 540. The van der Waals surface area contributed by atoms with Gasteiger partial charge in [0.25, 0.3) is 0 Å². The molecule has 0 aliphatic rings. The Morgan fingerprint density at radius 1 is 1.44 bits per heavy atom. The Kier molecular flexibility index (Phi) is 4.30. The molecule has 1 heterocycles. The fourth-order valence-electron chi connectivity index (χ4n) is 1.65. The van der Waals surface area contributed by atoms with E-state index < -0.39 is 0 Å². The number of benzene rings is 1. The molecule has 0 saturated carbocycles. The van der Waals surface area contributed by atoms with Crippen molar-refractivity contribution >= 4 is 27.5 Å². The molecular formula is C13H14BrClN2O. The third-order valence-corrected chi connectivity index (χ3v) is 3.38. The highest BCUT2D eigenvalue weighted by Crippen LogP contribution is 2.28. The second kappa shape index (κ2) is 5.76. The average Bonchev–Trinajstić information content (AvgIpc) is 2.79. The first-order chi connectivity index (χ1) is 8.58. The van der Waals surface area contributed by atoms with Gasteiger partial charge in [0.15, 0.2) is 0 Å². The number of hydrogen-bond acceptors (Lipinski definition) is 2. The summed E-state index contributed by atoms with van der Waals surface area (Å²) in [5.74, 6) is 0.669. The Morgan fingerprint density at radius 2 is 2.22 bits per heavy atom. The first kappa shape index (κ1) is 13.4. The molecule has 0 spiro atoms. The largest absolute Gasteiger partial charge is 0.486 e. The van der Waals surface area contributed by atoms with Gasteiger partial charge in [-0.3, -0.25) is 0 Å². The standard InChI is InChI=1S/C13H14BrClN2O/c1-9(2)17-8-16-6-11(17)7-18-13-5-10(14)3-4-12(13)15/h3-6,8-9H,7H2,1-2H3. The maximum atomic E-state index is 6.07. The minimum absolute atomic E-state index is 0.365. The van der Waals surface area contributed by atoms with Crippen molar-refractivity contribution in [1.82, 2.24) is 9.55 Å². The van der Waals surface area contributed by atoms with E-state index in [1.54, 1.807) is 6.07 Å². The van der Waals surface area contributed by atoms with Crippen molar-refractivity contribution in [3.8, 4) is 5.75 Å². The van der Waals surface area contributed by atoms with Crippen LogP contribution in [0, 0.1) is 0 Å². The summed E-state index contributed by atoms with van der Waals surface area (Å²) in [6.45, 7) is 4.67. The molecule has 0 fully saturated rings. The number of hydrogen-bond donors (Lipinski definition) is 0. The van der Waals surface area contributed by atoms with E-state index in [9.17, 15) is 0 Å². The molecule has 2 rings (SSSR count). The third-order valence-electron chi connectivity index (χ3n) is 2.57. The first-order valence-electron chi connectivity index (χ1n) is 5.66. The van der Waals surface area contributed by atoms with Gasteiger partial charge in [0, 0.05) is 10.5 Å². The van der Waals surface area contributed by atoms with Crippen molar-refractivity contribution in [3.63, 3.8) is 0 Å². The number of halogens is 2. The summed E-state index contributed by atoms with van der Waals surface area (Å²) in [4.78, 5) is 4.14. The lowest BCUT2D eigenvalue weighted by Crippen LogP contribution is -2.07. The van der Waals surface area contributed by atoms with Crippen molar-refractivity contribution in [3.05, 3.63) is 45.9 Å². The fraction of sp³-hybridized carbons (Fsp3) is 0.308. The van der Waals surface area contributed by atoms with Gasteiger partial charge in [-0.2, -0.15) is 0 Å². The molecule has 0 radical (unpaired) electrons. The highest BCUT2D eigenvalue weighted by Gasteiger charge is 2.08. The molecule has 96 valence electrons. The molecule has 1 aromatic heterocycles. The quantitative estimate of drug-likeness (QED) is 0.828. The molecular weight excluding hydrogens is 316 g/mol. The molecule has 0 saturated heterocycles. The maximum Gasteiger partial charge on any atom is 0.139 e. The van der Waals surface area contributed by atoms with Crippen LogP contribution >= 0.6 is 27.5 Å². The fourth-order valence-corrected chi connectivity index (χ4v) is 2.16. The van der Waals surface area contributed by atoms with Crippen LogP contribution in [0.25, 0.3) is 0 Å². The summed E-state index contributed by atoms with van der Waals surface area (Å²) in [6, 6.07) is 5.91. The summed E-state index contributed by atoms with van der Waals surface area (Å²) in [5.41, 5.74) is 1.03. The van der Waals surface area contributed by atoms with Gasteiger partial charge < -0.3 is 9.30 Å². The van der Waals surface area contributed by atoms with E-state index in [0.29, 0.717) is 23.4 Å². The van der Waals surface area contributed by atoms with Gasteiger partial charge in [0.2, 0.25) is 0 Å². The minimum Gasteiger partial charge on any atom is -0.486 e. The Hall–Kier alpha value is -1.000. The third kappa shape index (κ3) is 3.06. The van der Waals surface area contributed by atoms with Gasteiger partial charge in [-0.1, -0.05) is 27.5 Å². The van der Waals surface area contributed by atoms with Crippen LogP contribution < -0.4 is 4.74 Å². The van der Waals surface area contributed by atoms with Crippen LogP contribution in [0.4, 0.5) is 0 Å². The van der Waals surface area contributed by atoms with E-state index >= 15 is 0 Å². The van der Waals surface area contributed by atoms with E-state index in [2.05, 4.69) is 39.3 Å². The van der Waals surface area contributed by atoms with Crippen molar-refractivity contribution < 1.29 is 4.74 Å². The highest BCUT2D eigenvalue weighted by atomic mass is 79.9. The number of nitrogens with zero attached hydrogens (tertiary/aromatic N) is 2. The predicted octanol–water partition coefficient (Wildman–Crippen LogP) is 4.46. The second-order valence-electron chi connectivity index (χ2n) is 4.25.